The Labute approximate surface area is 82.0 Å². The van der Waals surface area contributed by atoms with Gasteiger partial charge in [0.25, 0.3) is 0 Å². The smallest absolute Gasteiger partial charge is 0.0734 e. The van der Waals surface area contributed by atoms with E-state index in [4.69, 9.17) is 4.84 Å². The molecule has 1 rings (SSSR count). The second kappa shape index (κ2) is 4.97. The van der Waals surface area contributed by atoms with Crippen LogP contribution in [-0.2, 0) is 4.84 Å². The van der Waals surface area contributed by atoms with Crippen molar-refractivity contribution in [3.05, 3.63) is 0 Å². The Balaban J connectivity index is 2.35. The molecule has 0 radical (unpaired) electrons. The van der Waals surface area contributed by atoms with Crippen LogP contribution in [0.2, 0.25) is 0 Å². The van der Waals surface area contributed by atoms with Gasteiger partial charge in [0.15, 0.2) is 0 Å². The van der Waals surface area contributed by atoms with Gasteiger partial charge < -0.3 is 0 Å². The third-order valence-corrected chi connectivity index (χ3v) is 2.98. The Hall–Kier alpha value is -0.0800. The summed E-state index contributed by atoms with van der Waals surface area (Å²) >= 11 is 0. The molecule has 1 saturated carbocycles. The quantitative estimate of drug-likeness (QED) is 0.683. The molecule has 2 nitrogen and oxygen atoms in total. The molecule has 0 bridgehead atoms. The summed E-state index contributed by atoms with van der Waals surface area (Å²) in [6.07, 6.45) is 4.33. The van der Waals surface area contributed by atoms with E-state index in [1.54, 1.807) is 0 Å². The summed E-state index contributed by atoms with van der Waals surface area (Å²) in [6.45, 7) is 8.75. The highest BCUT2D eigenvalue weighted by Gasteiger charge is 2.27. The van der Waals surface area contributed by atoms with Gasteiger partial charge in [-0.1, -0.05) is 20.3 Å². The third kappa shape index (κ3) is 3.28. The first-order valence-corrected chi connectivity index (χ1v) is 5.52. The first kappa shape index (κ1) is 11.0. The molecule has 78 valence electrons. The van der Waals surface area contributed by atoms with Gasteiger partial charge in [0.1, 0.15) is 0 Å². The lowest BCUT2D eigenvalue weighted by Gasteiger charge is -2.35. The maximum absolute atomic E-state index is 5.47. The molecule has 1 N–H and O–H groups in total. The maximum Gasteiger partial charge on any atom is 0.0734 e. The van der Waals surface area contributed by atoms with Gasteiger partial charge in [-0.3, -0.25) is 4.84 Å². The normalized spacial score (nSPS) is 35.3. The molecule has 2 unspecified atom stereocenters. The second-order valence-electron chi connectivity index (χ2n) is 4.70. The molecule has 2 atom stereocenters. The van der Waals surface area contributed by atoms with Crippen molar-refractivity contribution in [1.29, 1.82) is 0 Å². The number of hydrogen-bond acceptors (Lipinski definition) is 2. The molecule has 0 aromatic heterocycles. The summed E-state index contributed by atoms with van der Waals surface area (Å²) in [7, 11) is 0. The van der Waals surface area contributed by atoms with Crippen LogP contribution in [0, 0.1) is 11.8 Å². The van der Waals surface area contributed by atoms with Crippen LogP contribution in [-0.4, -0.2) is 12.1 Å². The minimum absolute atomic E-state index is 0.279. The highest BCUT2D eigenvalue weighted by molar-refractivity contribution is 4.80. The lowest BCUT2D eigenvalue weighted by atomic mass is 9.79. The van der Waals surface area contributed by atoms with Gasteiger partial charge in [-0.2, -0.15) is 5.48 Å². The molecular weight excluding hydrogens is 162 g/mol. The van der Waals surface area contributed by atoms with E-state index in [0.29, 0.717) is 6.04 Å². The summed E-state index contributed by atoms with van der Waals surface area (Å²) in [5.41, 5.74) is 3.22. The van der Waals surface area contributed by atoms with Crippen LogP contribution in [0.25, 0.3) is 0 Å². The zero-order valence-electron chi connectivity index (χ0n) is 9.34. The molecule has 0 aliphatic heterocycles. The SMILES string of the molecule is CC(C)ONC1C(C)CCCC1C. The highest BCUT2D eigenvalue weighted by Crippen LogP contribution is 2.28. The van der Waals surface area contributed by atoms with E-state index in [1.807, 2.05) is 0 Å². The van der Waals surface area contributed by atoms with Crippen LogP contribution < -0.4 is 5.48 Å². The minimum atomic E-state index is 0.279. The van der Waals surface area contributed by atoms with Crippen LogP contribution in [0.5, 0.6) is 0 Å². The molecular formula is C11H23NO. The van der Waals surface area contributed by atoms with E-state index < -0.39 is 0 Å². The van der Waals surface area contributed by atoms with Crippen molar-refractivity contribution in [2.75, 3.05) is 0 Å². The molecule has 13 heavy (non-hydrogen) atoms. The van der Waals surface area contributed by atoms with E-state index in [-0.39, 0.29) is 6.10 Å². The fourth-order valence-electron chi connectivity index (χ4n) is 2.13. The van der Waals surface area contributed by atoms with E-state index in [1.165, 1.54) is 19.3 Å². The number of nitrogens with one attached hydrogen (secondary N) is 1. The first-order valence-electron chi connectivity index (χ1n) is 5.52. The average molecular weight is 185 g/mol. The predicted octanol–water partition coefficient (Wildman–Crippen LogP) is 2.74. The molecule has 0 aromatic carbocycles. The summed E-state index contributed by atoms with van der Waals surface area (Å²) in [5.74, 6) is 1.50. The van der Waals surface area contributed by atoms with Crippen molar-refractivity contribution >= 4 is 0 Å². The van der Waals surface area contributed by atoms with Crippen LogP contribution in [0.1, 0.15) is 47.0 Å². The van der Waals surface area contributed by atoms with Gasteiger partial charge in [-0.25, -0.2) is 0 Å². The fourth-order valence-corrected chi connectivity index (χ4v) is 2.13. The molecule has 1 aliphatic rings. The largest absolute Gasteiger partial charge is 0.299 e. The lowest BCUT2D eigenvalue weighted by molar-refractivity contribution is -0.0552. The Bertz CT molecular complexity index is 137. The molecule has 1 aliphatic carbocycles. The fraction of sp³-hybridized carbons (Fsp3) is 1.00. The summed E-state index contributed by atoms with van der Waals surface area (Å²) in [6, 6.07) is 0.552. The second-order valence-corrected chi connectivity index (χ2v) is 4.70. The van der Waals surface area contributed by atoms with Gasteiger partial charge in [0, 0.05) is 6.04 Å². The topological polar surface area (TPSA) is 21.3 Å². The van der Waals surface area contributed by atoms with Crippen LogP contribution >= 0.6 is 0 Å². The molecule has 1 fully saturated rings. The van der Waals surface area contributed by atoms with Gasteiger partial charge in [0.05, 0.1) is 6.10 Å². The Morgan fingerprint density at radius 1 is 1.15 bits per heavy atom. The molecule has 2 heteroatoms. The van der Waals surface area contributed by atoms with Gasteiger partial charge in [-0.15, -0.1) is 0 Å². The zero-order valence-corrected chi connectivity index (χ0v) is 9.34. The van der Waals surface area contributed by atoms with Gasteiger partial charge in [0.2, 0.25) is 0 Å². The third-order valence-electron chi connectivity index (χ3n) is 2.98. The summed E-state index contributed by atoms with van der Waals surface area (Å²) < 4.78 is 0. The Kier molecular flexibility index (Phi) is 4.20. The van der Waals surface area contributed by atoms with Crippen molar-refractivity contribution in [2.24, 2.45) is 11.8 Å². The molecule has 0 amide bonds. The number of hydrogen-bond donors (Lipinski definition) is 1. The van der Waals surface area contributed by atoms with Crippen LogP contribution in [0.15, 0.2) is 0 Å². The molecule has 0 saturated heterocycles. The summed E-state index contributed by atoms with van der Waals surface area (Å²) in [5, 5.41) is 0. The van der Waals surface area contributed by atoms with Gasteiger partial charge in [-0.05, 0) is 38.5 Å². The lowest BCUT2D eigenvalue weighted by Crippen LogP contribution is -2.43. The van der Waals surface area contributed by atoms with E-state index in [0.717, 1.165) is 11.8 Å². The Morgan fingerprint density at radius 3 is 2.15 bits per heavy atom. The van der Waals surface area contributed by atoms with Crippen molar-refractivity contribution in [3.8, 4) is 0 Å². The average Bonchev–Trinajstić information content (AvgIpc) is 2.03. The maximum atomic E-state index is 5.47. The number of rotatable bonds is 3. The zero-order chi connectivity index (χ0) is 9.84. The van der Waals surface area contributed by atoms with E-state index in [2.05, 4.69) is 33.2 Å². The van der Waals surface area contributed by atoms with Gasteiger partial charge >= 0.3 is 0 Å². The summed E-state index contributed by atoms with van der Waals surface area (Å²) in [4.78, 5) is 5.47. The monoisotopic (exact) mass is 185 g/mol. The van der Waals surface area contributed by atoms with Crippen molar-refractivity contribution < 1.29 is 4.84 Å². The van der Waals surface area contributed by atoms with Crippen molar-refractivity contribution in [3.63, 3.8) is 0 Å². The van der Waals surface area contributed by atoms with Crippen molar-refractivity contribution in [1.82, 2.24) is 5.48 Å². The van der Waals surface area contributed by atoms with Crippen LogP contribution in [0.3, 0.4) is 0 Å². The molecule has 0 heterocycles. The number of hydroxylamine groups is 1. The minimum Gasteiger partial charge on any atom is -0.299 e. The van der Waals surface area contributed by atoms with E-state index in [9.17, 15) is 0 Å². The molecule has 0 aromatic rings. The first-order chi connectivity index (χ1) is 6.11. The van der Waals surface area contributed by atoms with Crippen molar-refractivity contribution in [2.45, 2.75) is 59.1 Å². The Morgan fingerprint density at radius 2 is 1.69 bits per heavy atom. The van der Waals surface area contributed by atoms with Crippen LogP contribution in [0.4, 0.5) is 0 Å². The predicted molar refractivity (Wildman–Crippen MR) is 55.3 cm³/mol. The highest BCUT2D eigenvalue weighted by atomic mass is 16.7. The molecule has 0 spiro atoms. The standard InChI is InChI=1S/C11H23NO/c1-8(2)13-12-11-9(3)6-5-7-10(11)4/h8-12H,5-7H2,1-4H3. The van der Waals surface area contributed by atoms with E-state index >= 15 is 0 Å².